The summed E-state index contributed by atoms with van der Waals surface area (Å²) in [6, 6.07) is 12.2. The Kier molecular flexibility index (Phi) is 7.54. The van der Waals surface area contributed by atoms with Crippen molar-refractivity contribution in [1.82, 2.24) is 40.4 Å². The lowest BCUT2D eigenvalue weighted by Crippen LogP contribution is -2.13. The van der Waals surface area contributed by atoms with Crippen molar-refractivity contribution in [2.75, 3.05) is 0 Å². The van der Waals surface area contributed by atoms with Crippen molar-refractivity contribution in [2.45, 2.75) is 71.3 Å². The third kappa shape index (κ3) is 5.56. The van der Waals surface area contributed by atoms with Crippen LogP contribution in [0.2, 0.25) is 0 Å². The summed E-state index contributed by atoms with van der Waals surface area (Å²) in [5.41, 5.74) is 3.74. The molecule has 0 spiro atoms. The third-order valence-corrected chi connectivity index (χ3v) is 6.91. The van der Waals surface area contributed by atoms with E-state index in [1.165, 1.54) is 19.3 Å². The fourth-order valence-corrected chi connectivity index (χ4v) is 4.92. The van der Waals surface area contributed by atoms with E-state index in [0.717, 1.165) is 54.7 Å². The Morgan fingerprint density at radius 3 is 2.69 bits per heavy atom. The van der Waals surface area contributed by atoms with E-state index >= 15 is 0 Å². The molecular weight excluding hydrogens is 452 g/mol. The molecule has 0 saturated heterocycles. The highest BCUT2D eigenvalue weighted by Gasteiger charge is 2.22. The predicted octanol–water partition coefficient (Wildman–Crippen LogP) is 5.06. The molecule has 1 aromatic carbocycles. The summed E-state index contributed by atoms with van der Waals surface area (Å²) in [5, 5.41) is 18.9. The first kappa shape index (κ1) is 24.0. The monoisotopic (exact) mass is 484 g/mol. The van der Waals surface area contributed by atoms with Crippen LogP contribution in [0.1, 0.15) is 80.3 Å². The number of aromatic amines is 1. The first-order valence-electron chi connectivity index (χ1n) is 13.0. The van der Waals surface area contributed by atoms with E-state index in [-0.39, 0.29) is 5.78 Å². The van der Waals surface area contributed by atoms with Crippen LogP contribution >= 0.6 is 0 Å². The van der Waals surface area contributed by atoms with Gasteiger partial charge in [0.25, 0.3) is 0 Å². The van der Waals surface area contributed by atoms with Gasteiger partial charge in [0.05, 0.1) is 0 Å². The number of aryl methyl sites for hydroxylation is 1. The second-order valence-corrected chi connectivity index (χ2v) is 9.57. The van der Waals surface area contributed by atoms with E-state index in [9.17, 15) is 4.79 Å². The van der Waals surface area contributed by atoms with Crippen LogP contribution in [-0.4, -0.2) is 46.2 Å². The number of hydrogen-bond acceptors (Lipinski definition) is 7. The van der Waals surface area contributed by atoms with Crippen LogP contribution in [0.5, 0.6) is 0 Å². The highest BCUT2D eigenvalue weighted by molar-refractivity contribution is 5.92. The molecule has 9 heteroatoms. The van der Waals surface area contributed by atoms with Gasteiger partial charge < -0.3 is 0 Å². The van der Waals surface area contributed by atoms with Gasteiger partial charge in [-0.05, 0) is 34.7 Å². The zero-order valence-corrected chi connectivity index (χ0v) is 20.7. The molecule has 9 nitrogen and oxygen atoms in total. The summed E-state index contributed by atoms with van der Waals surface area (Å²) in [6.07, 6.45) is 11.0. The summed E-state index contributed by atoms with van der Waals surface area (Å²) < 4.78 is 1.93. The van der Waals surface area contributed by atoms with Gasteiger partial charge in [-0.3, -0.25) is 9.78 Å². The fraction of sp³-hybridized carbons (Fsp3) is 0.444. The molecular formula is C27H32N8O. The van der Waals surface area contributed by atoms with Crippen molar-refractivity contribution in [1.29, 1.82) is 0 Å². The van der Waals surface area contributed by atoms with E-state index in [1.807, 2.05) is 16.8 Å². The lowest BCUT2D eigenvalue weighted by molar-refractivity contribution is 0.0939. The number of unbranched alkanes of at least 4 members (excludes halogenated alkanes) is 1. The largest absolute Gasteiger partial charge is 0.291 e. The zero-order chi connectivity index (χ0) is 24.7. The van der Waals surface area contributed by atoms with Gasteiger partial charge in [0, 0.05) is 31.1 Å². The average molecular weight is 485 g/mol. The highest BCUT2D eigenvalue weighted by Crippen LogP contribution is 2.29. The molecule has 1 saturated carbocycles. The van der Waals surface area contributed by atoms with Gasteiger partial charge in [-0.2, -0.15) is 5.21 Å². The Hall–Kier alpha value is -3.75. The molecule has 0 amide bonds. The Morgan fingerprint density at radius 2 is 1.94 bits per heavy atom. The topological polar surface area (TPSA) is 115 Å². The molecule has 3 aromatic heterocycles. The van der Waals surface area contributed by atoms with Gasteiger partial charge in [0.15, 0.2) is 0 Å². The summed E-state index contributed by atoms with van der Waals surface area (Å²) in [5.74, 6) is 2.25. The lowest BCUT2D eigenvalue weighted by Gasteiger charge is -2.19. The highest BCUT2D eigenvalue weighted by atomic mass is 16.1. The number of H-pyrrole nitrogens is 1. The quantitative estimate of drug-likeness (QED) is 0.313. The van der Waals surface area contributed by atoms with E-state index in [2.05, 4.69) is 61.9 Å². The Bertz CT molecular complexity index is 1270. The number of benzene rings is 1. The summed E-state index contributed by atoms with van der Waals surface area (Å²) in [7, 11) is 0. The van der Waals surface area contributed by atoms with Crippen LogP contribution < -0.4 is 0 Å². The Balaban J connectivity index is 1.34. The zero-order valence-electron chi connectivity index (χ0n) is 20.7. The van der Waals surface area contributed by atoms with Gasteiger partial charge in [0.1, 0.15) is 11.5 Å². The van der Waals surface area contributed by atoms with Crippen molar-refractivity contribution in [3.63, 3.8) is 0 Å². The minimum atomic E-state index is 0.0827. The number of hydrogen-bond donors (Lipinski definition) is 1. The maximum atomic E-state index is 13.0. The minimum absolute atomic E-state index is 0.0827. The van der Waals surface area contributed by atoms with Gasteiger partial charge in [-0.25, -0.2) is 9.67 Å². The van der Waals surface area contributed by atoms with Gasteiger partial charge in [-0.15, -0.1) is 15.3 Å². The molecule has 5 rings (SSSR count). The van der Waals surface area contributed by atoms with E-state index < -0.39 is 0 Å². The number of tetrazole rings is 1. The maximum Gasteiger partial charge on any atom is 0.223 e. The summed E-state index contributed by atoms with van der Waals surface area (Å²) in [6.45, 7) is 2.93. The first-order chi connectivity index (χ1) is 17.7. The fourth-order valence-electron chi connectivity index (χ4n) is 4.92. The summed E-state index contributed by atoms with van der Waals surface area (Å²) >= 11 is 0. The second-order valence-electron chi connectivity index (χ2n) is 9.57. The SMILES string of the molecule is CCCCn1nc(C(=O)CC2CCCCC2)nc1Cc1ccc(-c2cccnc2-c2nn[nH]n2)cc1. The number of carbonyl (C=O) groups is 1. The third-order valence-electron chi connectivity index (χ3n) is 6.91. The first-order valence-corrected chi connectivity index (χ1v) is 13.0. The van der Waals surface area contributed by atoms with Crippen LogP contribution in [0.25, 0.3) is 22.6 Å². The van der Waals surface area contributed by atoms with E-state index in [4.69, 9.17) is 4.98 Å². The predicted molar refractivity (Wildman–Crippen MR) is 136 cm³/mol. The molecule has 0 unspecified atom stereocenters. The van der Waals surface area contributed by atoms with Crippen molar-refractivity contribution >= 4 is 5.78 Å². The standard InChI is InChI=1S/C27H32N8O/c1-2-3-16-35-24(29-26(32-35)23(36)17-19-8-5-4-6-9-19)18-20-11-13-21(14-12-20)22-10-7-15-28-25(22)27-30-33-34-31-27/h7,10-15,19H,2-6,8-9,16-18H2,1H3,(H,30,31,33,34). The van der Waals surface area contributed by atoms with Crippen LogP contribution in [0.3, 0.4) is 0 Å². The number of carbonyl (C=O) groups excluding carboxylic acids is 1. The number of Topliss-reactive ketones (excluding diaryl/α,β-unsaturated/α-hetero) is 1. The molecule has 1 fully saturated rings. The van der Waals surface area contributed by atoms with E-state index in [1.54, 1.807) is 6.20 Å². The van der Waals surface area contributed by atoms with Crippen molar-refractivity contribution < 1.29 is 4.79 Å². The Labute approximate surface area is 210 Å². The molecule has 0 radical (unpaired) electrons. The molecule has 186 valence electrons. The van der Waals surface area contributed by atoms with Crippen LogP contribution in [0.15, 0.2) is 42.6 Å². The van der Waals surface area contributed by atoms with Gasteiger partial charge in [0.2, 0.25) is 17.4 Å². The molecule has 1 aliphatic carbocycles. The average Bonchev–Trinajstić information content (AvgIpc) is 3.59. The minimum Gasteiger partial charge on any atom is -0.291 e. The summed E-state index contributed by atoms with van der Waals surface area (Å²) in [4.78, 5) is 22.1. The number of nitrogens with zero attached hydrogens (tertiary/aromatic N) is 7. The van der Waals surface area contributed by atoms with Crippen LogP contribution in [-0.2, 0) is 13.0 Å². The second kappa shape index (κ2) is 11.3. The molecule has 4 aromatic rings. The van der Waals surface area contributed by atoms with E-state index in [0.29, 0.717) is 36.1 Å². The van der Waals surface area contributed by atoms with Crippen LogP contribution in [0.4, 0.5) is 0 Å². The molecule has 1 N–H and O–H groups in total. The molecule has 3 heterocycles. The number of aromatic nitrogens is 8. The molecule has 1 aliphatic rings. The molecule has 36 heavy (non-hydrogen) atoms. The normalized spacial score (nSPS) is 14.2. The van der Waals surface area contributed by atoms with Crippen molar-refractivity contribution in [2.24, 2.45) is 5.92 Å². The molecule has 0 aliphatic heterocycles. The van der Waals surface area contributed by atoms with Crippen LogP contribution in [0, 0.1) is 5.92 Å². The smallest absolute Gasteiger partial charge is 0.223 e. The lowest BCUT2D eigenvalue weighted by atomic mass is 9.86. The number of nitrogens with one attached hydrogen (secondary N) is 1. The Morgan fingerprint density at radius 1 is 1.11 bits per heavy atom. The maximum absolute atomic E-state index is 13.0. The number of rotatable bonds is 10. The van der Waals surface area contributed by atoms with Gasteiger partial charge in [-0.1, -0.05) is 75.8 Å². The molecule has 0 atom stereocenters. The number of ketones is 1. The van der Waals surface area contributed by atoms with Crippen molar-refractivity contribution in [3.8, 4) is 22.6 Å². The number of pyridine rings is 1. The van der Waals surface area contributed by atoms with Gasteiger partial charge >= 0.3 is 0 Å². The van der Waals surface area contributed by atoms with Crippen molar-refractivity contribution in [3.05, 3.63) is 59.8 Å². The molecule has 0 bridgehead atoms.